The van der Waals surface area contributed by atoms with Crippen LogP contribution in [0.1, 0.15) is 0 Å². The zero-order valence-corrected chi connectivity index (χ0v) is 7.16. The first-order valence-corrected chi connectivity index (χ1v) is 4.39. The number of hydrogen-bond acceptors (Lipinski definition) is 2. The molecular weight excluding hydrogens is 169 g/mol. The highest BCUT2D eigenvalue weighted by Gasteiger charge is 1.98. The van der Waals surface area contributed by atoms with Crippen LogP contribution in [-0.4, -0.2) is 4.98 Å². The van der Waals surface area contributed by atoms with E-state index in [-0.39, 0.29) is 8.46 Å². The first kappa shape index (κ1) is 7.38. The molecule has 0 aliphatic rings. The Hall–Kier alpha value is -1.27. The molecule has 0 fully saturated rings. The lowest BCUT2D eigenvalue weighted by Gasteiger charge is -1.96. The fourth-order valence-corrected chi connectivity index (χ4v) is 1.59. The molecule has 3 heteroatoms. The number of fused-ring (bicyclic) bond motifs is 1. The summed E-state index contributed by atoms with van der Waals surface area (Å²) in [5.74, 6) is 0. The minimum Gasteiger partial charge on any atom is -0.269 e. The number of hydrogen-bond donors (Lipinski definition) is 0. The minimum atomic E-state index is 0.0286. The lowest BCUT2D eigenvalue weighted by atomic mass is 10.2. The van der Waals surface area contributed by atoms with Gasteiger partial charge in [0.1, 0.15) is 0 Å². The summed E-state index contributed by atoms with van der Waals surface area (Å²) in [6.07, 6.45) is 3.39. The second-order valence-corrected chi connectivity index (χ2v) is 3.14. The molecule has 2 nitrogen and oxygen atoms in total. The first-order valence-electron chi connectivity index (χ1n) is 3.58. The maximum Gasteiger partial charge on any atom is 0.194 e. The van der Waals surface area contributed by atoms with Crippen molar-refractivity contribution in [1.82, 2.24) is 4.98 Å². The Morgan fingerprint density at radius 3 is 2.83 bits per heavy atom. The molecule has 0 N–H and O–H groups in total. The van der Waals surface area contributed by atoms with Gasteiger partial charge in [-0.15, -0.1) is 0 Å². The van der Waals surface area contributed by atoms with Gasteiger partial charge in [-0.2, -0.15) is 0 Å². The first-order chi connectivity index (χ1) is 5.92. The molecule has 0 radical (unpaired) electrons. The van der Waals surface area contributed by atoms with E-state index in [0.29, 0.717) is 0 Å². The largest absolute Gasteiger partial charge is 0.269 e. The van der Waals surface area contributed by atoms with Crippen LogP contribution in [0.25, 0.3) is 10.8 Å². The second kappa shape index (κ2) is 3.00. The Morgan fingerprint density at radius 2 is 2.00 bits per heavy atom. The highest BCUT2D eigenvalue weighted by molar-refractivity contribution is 7.34. The Morgan fingerprint density at radius 1 is 1.17 bits per heavy atom. The van der Waals surface area contributed by atoms with Crippen LogP contribution in [0.15, 0.2) is 36.7 Å². The van der Waals surface area contributed by atoms with Gasteiger partial charge in [0.25, 0.3) is 0 Å². The van der Waals surface area contributed by atoms with E-state index >= 15 is 0 Å². The number of rotatable bonds is 1. The minimum absolute atomic E-state index is 0.0286. The summed E-state index contributed by atoms with van der Waals surface area (Å²) in [5, 5.41) is 2.77. The topological polar surface area (TPSA) is 30.0 Å². The normalized spacial score (nSPS) is 10.7. The van der Waals surface area contributed by atoms with E-state index < -0.39 is 0 Å². The molecule has 1 heterocycles. The lowest BCUT2D eigenvalue weighted by Crippen LogP contribution is -1.94. The zero-order valence-electron chi connectivity index (χ0n) is 6.27. The van der Waals surface area contributed by atoms with E-state index in [1.165, 1.54) is 0 Å². The van der Waals surface area contributed by atoms with Crippen LogP contribution in [0.3, 0.4) is 0 Å². The average molecular weight is 175 g/mol. The van der Waals surface area contributed by atoms with Gasteiger partial charge in [-0.1, -0.05) is 24.3 Å². The van der Waals surface area contributed by atoms with Gasteiger partial charge < -0.3 is 0 Å². The molecular formula is C9H6NOP. The summed E-state index contributed by atoms with van der Waals surface area (Å²) < 4.78 is 10.7. The maximum atomic E-state index is 10.7. The molecule has 0 spiro atoms. The molecule has 0 bridgehead atoms. The fraction of sp³-hybridized carbons (Fsp3) is 0. The van der Waals surface area contributed by atoms with Gasteiger partial charge in [0.05, 0.1) is 5.30 Å². The molecule has 0 amide bonds. The van der Waals surface area contributed by atoms with Crippen molar-refractivity contribution in [3.05, 3.63) is 36.7 Å². The Balaban J connectivity index is 2.88. The van der Waals surface area contributed by atoms with Crippen LogP contribution >= 0.6 is 8.46 Å². The summed E-state index contributed by atoms with van der Waals surface area (Å²) in [5.41, 5.74) is 0. The van der Waals surface area contributed by atoms with Crippen molar-refractivity contribution in [2.75, 3.05) is 0 Å². The smallest absolute Gasteiger partial charge is 0.194 e. The molecule has 0 saturated heterocycles. The molecule has 0 aliphatic heterocycles. The fourth-order valence-electron chi connectivity index (χ4n) is 1.17. The number of nitrogens with zero attached hydrogens (tertiary/aromatic N) is 1. The molecule has 0 saturated carbocycles. The number of aromatic nitrogens is 1. The summed E-state index contributed by atoms with van der Waals surface area (Å²) >= 11 is 0. The maximum absolute atomic E-state index is 10.7. The van der Waals surface area contributed by atoms with Gasteiger partial charge in [-0.3, -0.25) is 9.55 Å². The van der Waals surface area contributed by atoms with Crippen molar-refractivity contribution < 1.29 is 4.57 Å². The summed E-state index contributed by atoms with van der Waals surface area (Å²) in [4.78, 5) is 3.98. The Labute approximate surface area is 71.5 Å². The molecule has 0 atom stereocenters. The van der Waals surface area contributed by atoms with Crippen molar-refractivity contribution in [1.29, 1.82) is 0 Å². The van der Waals surface area contributed by atoms with Gasteiger partial charge in [-0.25, -0.2) is 0 Å². The zero-order chi connectivity index (χ0) is 8.39. The van der Waals surface area contributed by atoms with Crippen molar-refractivity contribution in [2.45, 2.75) is 0 Å². The van der Waals surface area contributed by atoms with Gasteiger partial charge in [0.2, 0.25) is 0 Å². The van der Waals surface area contributed by atoms with Crippen LogP contribution < -0.4 is 5.30 Å². The summed E-state index contributed by atoms with van der Waals surface area (Å²) in [6.45, 7) is 0. The quantitative estimate of drug-likeness (QED) is 0.621. The van der Waals surface area contributed by atoms with Crippen molar-refractivity contribution in [3.63, 3.8) is 0 Å². The molecule has 1 aromatic carbocycles. The van der Waals surface area contributed by atoms with Crippen LogP contribution in [0.2, 0.25) is 0 Å². The molecule has 2 rings (SSSR count). The third-order valence-corrected chi connectivity index (χ3v) is 2.30. The van der Waals surface area contributed by atoms with Crippen molar-refractivity contribution >= 4 is 24.5 Å². The van der Waals surface area contributed by atoms with E-state index in [1.54, 1.807) is 12.4 Å². The van der Waals surface area contributed by atoms with E-state index in [4.69, 9.17) is 0 Å². The number of pyridine rings is 1. The highest BCUT2D eigenvalue weighted by Crippen LogP contribution is 2.12. The van der Waals surface area contributed by atoms with Gasteiger partial charge in [-0.05, 0) is 5.39 Å². The molecule has 0 aliphatic carbocycles. The van der Waals surface area contributed by atoms with Crippen LogP contribution in [0, 0.1) is 0 Å². The van der Waals surface area contributed by atoms with E-state index in [9.17, 15) is 4.57 Å². The third kappa shape index (κ3) is 1.10. The average Bonchev–Trinajstić information content (AvgIpc) is 2.17. The molecule has 0 unspecified atom stereocenters. The third-order valence-electron chi connectivity index (χ3n) is 1.75. The highest BCUT2D eigenvalue weighted by atomic mass is 31.1. The standard InChI is InChI=1S/C9H6NOP/c11-12-9-6-10-5-7-3-1-2-4-8(7)9/h1-6H. The van der Waals surface area contributed by atoms with Gasteiger partial charge in [0, 0.05) is 17.8 Å². The predicted molar refractivity (Wildman–Crippen MR) is 49.0 cm³/mol. The molecule has 2 aromatic rings. The predicted octanol–water partition coefficient (Wildman–Crippen LogP) is 2.15. The second-order valence-electron chi connectivity index (χ2n) is 2.47. The molecule has 1 aromatic heterocycles. The van der Waals surface area contributed by atoms with E-state index in [0.717, 1.165) is 16.1 Å². The van der Waals surface area contributed by atoms with Crippen LogP contribution in [-0.2, 0) is 4.57 Å². The van der Waals surface area contributed by atoms with E-state index in [2.05, 4.69) is 4.98 Å². The lowest BCUT2D eigenvalue weighted by molar-refractivity contribution is 0.603. The SMILES string of the molecule is O=Pc1cncc2ccccc12. The van der Waals surface area contributed by atoms with E-state index in [1.807, 2.05) is 24.3 Å². The van der Waals surface area contributed by atoms with Crippen LogP contribution in [0.4, 0.5) is 0 Å². The Bertz CT molecular complexity index is 422. The van der Waals surface area contributed by atoms with Gasteiger partial charge >= 0.3 is 0 Å². The van der Waals surface area contributed by atoms with Crippen molar-refractivity contribution in [2.24, 2.45) is 0 Å². The van der Waals surface area contributed by atoms with Gasteiger partial charge in [0.15, 0.2) is 8.46 Å². The summed E-state index contributed by atoms with van der Waals surface area (Å²) in [6, 6.07) is 7.76. The number of benzene rings is 1. The van der Waals surface area contributed by atoms with Crippen LogP contribution in [0.5, 0.6) is 0 Å². The molecule has 58 valence electrons. The Kier molecular flexibility index (Phi) is 1.84. The van der Waals surface area contributed by atoms with Crippen molar-refractivity contribution in [3.8, 4) is 0 Å². The summed E-state index contributed by atoms with van der Waals surface area (Å²) in [7, 11) is 0.0286. The molecule has 12 heavy (non-hydrogen) atoms. The monoisotopic (exact) mass is 175 g/mol.